The van der Waals surface area contributed by atoms with Crippen LogP contribution in [0.1, 0.15) is 6.42 Å². The Morgan fingerprint density at radius 2 is 2.43 bits per heavy atom. The SMILES string of the molecule is COC(=O)[C@@H]1C[C@@H]2OC(=O)[C@@H]1C=C2Br. The fraction of sp³-hybridized carbons (Fsp3) is 0.556. The number of fused-ring (bicyclic) bond motifs is 2. The summed E-state index contributed by atoms with van der Waals surface area (Å²) in [5.74, 6) is -1.54. The minimum atomic E-state index is -0.484. The van der Waals surface area contributed by atoms with Gasteiger partial charge in [-0.25, -0.2) is 0 Å². The molecule has 0 aromatic rings. The third kappa shape index (κ3) is 1.35. The van der Waals surface area contributed by atoms with Crippen LogP contribution in [0.2, 0.25) is 0 Å². The molecule has 2 bridgehead atoms. The first-order valence-electron chi connectivity index (χ1n) is 4.29. The van der Waals surface area contributed by atoms with Crippen molar-refractivity contribution in [3.63, 3.8) is 0 Å². The number of carbonyl (C=O) groups is 2. The van der Waals surface area contributed by atoms with Crippen LogP contribution in [0.4, 0.5) is 0 Å². The number of hydrogen-bond acceptors (Lipinski definition) is 4. The van der Waals surface area contributed by atoms with E-state index in [-0.39, 0.29) is 24.0 Å². The summed E-state index contributed by atoms with van der Waals surface area (Å²) < 4.78 is 10.5. The van der Waals surface area contributed by atoms with Crippen LogP contribution in [0, 0.1) is 11.8 Å². The van der Waals surface area contributed by atoms with Gasteiger partial charge in [-0.3, -0.25) is 9.59 Å². The Bertz CT molecular complexity index is 323. The summed E-state index contributed by atoms with van der Waals surface area (Å²) in [4.78, 5) is 22.7. The predicted octanol–water partition coefficient (Wildman–Crippen LogP) is 1.000. The summed E-state index contributed by atoms with van der Waals surface area (Å²) in [7, 11) is 1.33. The van der Waals surface area contributed by atoms with E-state index in [2.05, 4.69) is 20.7 Å². The highest BCUT2D eigenvalue weighted by Gasteiger charge is 2.46. The van der Waals surface area contributed by atoms with Crippen molar-refractivity contribution < 1.29 is 19.1 Å². The van der Waals surface area contributed by atoms with Gasteiger partial charge in [0.1, 0.15) is 6.10 Å². The van der Waals surface area contributed by atoms with Crippen molar-refractivity contribution in [1.82, 2.24) is 0 Å². The highest BCUT2D eigenvalue weighted by Crippen LogP contribution is 2.40. The Morgan fingerprint density at radius 3 is 3.00 bits per heavy atom. The minimum absolute atomic E-state index is 0.309. The van der Waals surface area contributed by atoms with Crippen LogP contribution in [-0.4, -0.2) is 25.2 Å². The van der Waals surface area contributed by atoms with Gasteiger partial charge in [0.25, 0.3) is 0 Å². The van der Waals surface area contributed by atoms with Gasteiger partial charge in [-0.15, -0.1) is 0 Å². The quantitative estimate of drug-likeness (QED) is 0.661. The molecule has 3 atom stereocenters. The van der Waals surface area contributed by atoms with Crippen molar-refractivity contribution in [2.75, 3.05) is 7.11 Å². The Kier molecular flexibility index (Phi) is 2.34. The molecule has 14 heavy (non-hydrogen) atoms. The van der Waals surface area contributed by atoms with Gasteiger partial charge >= 0.3 is 11.9 Å². The summed E-state index contributed by atoms with van der Waals surface area (Å²) in [6.45, 7) is 0. The van der Waals surface area contributed by atoms with Crippen LogP contribution in [0.5, 0.6) is 0 Å². The van der Waals surface area contributed by atoms with Crippen molar-refractivity contribution in [1.29, 1.82) is 0 Å². The molecule has 2 heterocycles. The first-order chi connectivity index (χ1) is 6.63. The monoisotopic (exact) mass is 260 g/mol. The molecule has 0 N–H and O–H groups in total. The van der Waals surface area contributed by atoms with Crippen molar-refractivity contribution in [3.05, 3.63) is 10.6 Å². The number of esters is 2. The molecule has 0 spiro atoms. The minimum Gasteiger partial charge on any atom is -0.469 e. The molecule has 0 saturated carbocycles. The van der Waals surface area contributed by atoms with E-state index in [4.69, 9.17) is 4.74 Å². The lowest BCUT2D eigenvalue weighted by atomic mass is 9.80. The maximum atomic E-state index is 11.3. The molecule has 1 fully saturated rings. The molecule has 0 unspecified atom stereocenters. The summed E-state index contributed by atoms with van der Waals surface area (Å²) in [5.41, 5.74) is 0. The second-order valence-electron chi connectivity index (χ2n) is 3.37. The third-order valence-corrected chi connectivity index (χ3v) is 3.36. The average Bonchev–Trinajstić information content (AvgIpc) is 2.18. The van der Waals surface area contributed by atoms with Crippen molar-refractivity contribution >= 4 is 27.9 Å². The largest absolute Gasteiger partial charge is 0.469 e. The lowest BCUT2D eigenvalue weighted by molar-refractivity contribution is -0.170. The van der Waals surface area contributed by atoms with Crippen molar-refractivity contribution in [2.45, 2.75) is 12.5 Å². The zero-order chi connectivity index (χ0) is 10.3. The van der Waals surface area contributed by atoms with Crippen molar-refractivity contribution in [2.24, 2.45) is 11.8 Å². The molecule has 0 aromatic carbocycles. The van der Waals surface area contributed by atoms with Gasteiger partial charge < -0.3 is 9.47 Å². The van der Waals surface area contributed by atoms with Gasteiger partial charge in [0.05, 0.1) is 18.9 Å². The molecule has 4 nitrogen and oxygen atoms in total. The fourth-order valence-corrected chi connectivity index (χ4v) is 2.40. The van der Waals surface area contributed by atoms with Crippen LogP contribution in [-0.2, 0) is 19.1 Å². The number of methoxy groups -OCH3 is 1. The first kappa shape index (κ1) is 9.71. The van der Waals surface area contributed by atoms with Crippen LogP contribution in [0.15, 0.2) is 10.6 Å². The maximum absolute atomic E-state index is 11.3. The van der Waals surface area contributed by atoms with Crippen LogP contribution < -0.4 is 0 Å². The lowest BCUT2D eigenvalue weighted by Gasteiger charge is -2.36. The van der Waals surface area contributed by atoms with Crippen LogP contribution in [0.3, 0.4) is 0 Å². The number of halogens is 1. The predicted molar refractivity (Wildman–Crippen MR) is 50.5 cm³/mol. The first-order valence-corrected chi connectivity index (χ1v) is 5.08. The van der Waals surface area contributed by atoms with E-state index in [0.29, 0.717) is 6.42 Å². The molecule has 1 saturated heterocycles. The Balaban J connectivity index is 2.27. The Hall–Kier alpha value is -0.840. The van der Waals surface area contributed by atoms with Crippen molar-refractivity contribution in [3.8, 4) is 0 Å². The summed E-state index contributed by atoms with van der Waals surface area (Å²) >= 11 is 3.30. The zero-order valence-electron chi connectivity index (χ0n) is 7.53. The number of hydrogen-bond donors (Lipinski definition) is 0. The van der Waals surface area contributed by atoms with E-state index in [1.165, 1.54) is 7.11 Å². The number of rotatable bonds is 1. The zero-order valence-corrected chi connectivity index (χ0v) is 9.11. The summed E-state index contributed by atoms with van der Waals surface area (Å²) in [6, 6.07) is 0. The smallest absolute Gasteiger partial charge is 0.314 e. The molecule has 0 radical (unpaired) electrons. The second kappa shape index (κ2) is 3.38. The van der Waals surface area contributed by atoms with E-state index >= 15 is 0 Å². The van der Waals surface area contributed by atoms with Crippen LogP contribution >= 0.6 is 15.9 Å². The highest BCUT2D eigenvalue weighted by molar-refractivity contribution is 9.11. The Labute approximate surface area is 89.4 Å². The molecular formula is C9H9BrO4. The molecule has 76 valence electrons. The summed E-state index contributed by atoms with van der Waals surface area (Å²) in [5, 5.41) is 0. The topological polar surface area (TPSA) is 52.6 Å². The van der Waals surface area contributed by atoms with E-state index in [9.17, 15) is 9.59 Å². The molecule has 0 aromatic heterocycles. The number of ether oxygens (including phenoxy) is 2. The van der Waals surface area contributed by atoms with Gasteiger partial charge in [0.15, 0.2) is 0 Å². The summed E-state index contributed by atoms with van der Waals surface area (Å²) in [6.07, 6.45) is 1.94. The molecule has 2 aliphatic heterocycles. The fourth-order valence-electron chi connectivity index (χ4n) is 1.83. The standard InChI is InChI=1S/C9H9BrO4/c1-13-8(11)5-3-7-6(10)2-4(5)9(12)14-7/h2,4-5,7H,3H2,1H3/t4-,5-,7+/m1/s1. The molecule has 0 amide bonds. The molecule has 3 rings (SSSR count). The van der Waals surface area contributed by atoms with Gasteiger partial charge in [-0.05, 0) is 0 Å². The molecular weight excluding hydrogens is 252 g/mol. The van der Waals surface area contributed by atoms with E-state index in [0.717, 1.165) is 4.48 Å². The third-order valence-electron chi connectivity index (χ3n) is 2.58. The van der Waals surface area contributed by atoms with Gasteiger partial charge in [0, 0.05) is 10.9 Å². The van der Waals surface area contributed by atoms with Gasteiger partial charge in [-0.2, -0.15) is 0 Å². The second-order valence-corrected chi connectivity index (χ2v) is 4.28. The van der Waals surface area contributed by atoms with Gasteiger partial charge in [0.2, 0.25) is 0 Å². The van der Waals surface area contributed by atoms with Crippen LogP contribution in [0.25, 0.3) is 0 Å². The van der Waals surface area contributed by atoms with E-state index in [1.807, 2.05) is 0 Å². The van der Waals surface area contributed by atoms with Gasteiger partial charge in [-0.1, -0.05) is 22.0 Å². The molecule has 5 heteroatoms. The molecule has 1 aliphatic carbocycles. The van der Waals surface area contributed by atoms with E-state index < -0.39 is 5.92 Å². The normalized spacial score (nSPS) is 34.9. The van der Waals surface area contributed by atoms with E-state index in [1.54, 1.807) is 6.08 Å². The Morgan fingerprint density at radius 1 is 1.71 bits per heavy atom. The maximum Gasteiger partial charge on any atom is 0.314 e. The molecule has 3 aliphatic rings. The lowest BCUT2D eigenvalue weighted by Crippen LogP contribution is -2.45. The average molecular weight is 261 g/mol. The highest BCUT2D eigenvalue weighted by atomic mass is 79.9. The number of carbonyl (C=O) groups excluding carboxylic acids is 2.